The molecule has 0 fully saturated rings. The van der Waals surface area contributed by atoms with Crippen LogP contribution in [0.4, 0.5) is 0 Å². The van der Waals surface area contributed by atoms with Crippen LogP contribution in [-0.2, 0) is 16.4 Å². The van der Waals surface area contributed by atoms with Gasteiger partial charge in [-0.15, -0.1) is 0 Å². The summed E-state index contributed by atoms with van der Waals surface area (Å²) in [6.07, 6.45) is 6.03. The molecule has 28 heavy (non-hydrogen) atoms. The summed E-state index contributed by atoms with van der Waals surface area (Å²) in [7, 11) is -3.76. The van der Waals surface area contributed by atoms with Crippen LogP contribution >= 0.6 is 0 Å². The molecule has 7 heteroatoms. The number of hydrogen-bond acceptors (Lipinski definition) is 4. The van der Waals surface area contributed by atoms with Crippen LogP contribution in [0.3, 0.4) is 0 Å². The Balaban J connectivity index is 2.02. The fraction of sp³-hybridized carbons (Fsp3) is 0.286. The maximum Gasteiger partial charge on any atom is 0.238 e. The SMILES string of the molecule is CCCCc1cc(-n2cncc2-c2ccc(OCC)cc2)ccc1S(N)(=O)=O. The molecule has 2 N–H and O–H groups in total. The summed E-state index contributed by atoms with van der Waals surface area (Å²) >= 11 is 0. The summed E-state index contributed by atoms with van der Waals surface area (Å²) in [5.74, 6) is 0.816. The molecule has 0 amide bonds. The van der Waals surface area contributed by atoms with Gasteiger partial charge in [0.2, 0.25) is 10.0 Å². The molecule has 3 rings (SSSR count). The number of imidazole rings is 1. The van der Waals surface area contributed by atoms with Crippen LogP contribution in [0.25, 0.3) is 16.9 Å². The molecule has 0 unspecified atom stereocenters. The molecule has 0 aliphatic carbocycles. The van der Waals surface area contributed by atoms with E-state index in [0.717, 1.165) is 41.1 Å². The molecular weight excluding hydrogens is 374 g/mol. The van der Waals surface area contributed by atoms with E-state index in [4.69, 9.17) is 9.88 Å². The molecule has 0 saturated heterocycles. The van der Waals surface area contributed by atoms with Crippen molar-refractivity contribution in [3.05, 3.63) is 60.6 Å². The number of benzene rings is 2. The Hall–Kier alpha value is -2.64. The van der Waals surface area contributed by atoms with Gasteiger partial charge in [-0.1, -0.05) is 13.3 Å². The molecule has 0 radical (unpaired) electrons. The molecule has 1 aromatic heterocycles. The van der Waals surface area contributed by atoms with Crippen molar-refractivity contribution in [1.29, 1.82) is 0 Å². The van der Waals surface area contributed by atoms with E-state index >= 15 is 0 Å². The van der Waals surface area contributed by atoms with Gasteiger partial charge in [0, 0.05) is 11.3 Å². The summed E-state index contributed by atoms with van der Waals surface area (Å²) in [5.41, 5.74) is 3.48. The number of hydrogen-bond donors (Lipinski definition) is 1. The highest BCUT2D eigenvalue weighted by molar-refractivity contribution is 7.89. The zero-order valence-corrected chi connectivity index (χ0v) is 16.9. The lowest BCUT2D eigenvalue weighted by Crippen LogP contribution is -2.15. The Kier molecular flexibility index (Phi) is 6.16. The van der Waals surface area contributed by atoms with Crippen molar-refractivity contribution in [1.82, 2.24) is 9.55 Å². The van der Waals surface area contributed by atoms with Crippen molar-refractivity contribution < 1.29 is 13.2 Å². The van der Waals surface area contributed by atoms with E-state index in [9.17, 15) is 8.42 Å². The molecule has 0 aliphatic heterocycles. The number of aryl methyl sites for hydroxylation is 1. The van der Waals surface area contributed by atoms with Crippen molar-refractivity contribution in [2.75, 3.05) is 6.61 Å². The first-order valence-electron chi connectivity index (χ1n) is 9.35. The van der Waals surface area contributed by atoms with Crippen LogP contribution in [-0.4, -0.2) is 24.6 Å². The fourth-order valence-corrected chi connectivity index (χ4v) is 3.94. The minimum atomic E-state index is -3.76. The van der Waals surface area contributed by atoms with E-state index in [1.54, 1.807) is 24.7 Å². The Bertz CT molecular complexity index is 1040. The summed E-state index contributed by atoms with van der Waals surface area (Å²) in [6, 6.07) is 13.0. The topological polar surface area (TPSA) is 87.2 Å². The van der Waals surface area contributed by atoms with Crippen molar-refractivity contribution >= 4 is 10.0 Å². The lowest BCUT2D eigenvalue weighted by atomic mass is 10.1. The van der Waals surface area contributed by atoms with Gasteiger partial charge in [-0.05, 0) is 67.8 Å². The smallest absolute Gasteiger partial charge is 0.238 e. The quantitative estimate of drug-likeness (QED) is 0.622. The Morgan fingerprint density at radius 3 is 2.50 bits per heavy atom. The Morgan fingerprint density at radius 1 is 1.11 bits per heavy atom. The summed E-state index contributed by atoms with van der Waals surface area (Å²) in [5, 5.41) is 5.40. The van der Waals surface area contributed by atoms with E-state index in [2.05, 4.69) is 11.9 Å². The first-order chi connectivity index (χ1) is 13.4. The first-order valence-corrected chi connectivity index (χ1v) is 10.9. The second-order valence-electron chi connectivity index (χ2n) is 6.55. The number of aromatic nitrogens is 2. The molecule has 1 heterocycles. The third kappa shape index (κ3) is 4.43. The van der Waals surface area contributed by atoms with Crippen LogP contribution in [0.2, 0.25) is 0 Å². The average molecular weight is 400 g/mol. The number of unbranched alkanes of at least 4 members (excludes halogenated alkanes) is 1. The number of nitrogens with two attached hydrogens (primary N) is 1. The summed E-state index contributed by atoms with van der Waals surface area (Å²) in [4.78, 5) is 4.47. The second kappa shape index (κ2) is 8.58. The lowest BCUT2D eigenvalue weighted by Gasteiger charge is -2.13. The highest BCUT2D eigenvalue weighted by Gasteiger charge is 2.16. The van der Waals surface area contributed by atoms with Crippen LogP contribution in [0.1, 0.15) is 32.3 Å². The van der Waals surface area contributed by atoms with Gasteiger partial charge >= 0.3 is 0 Å². The van der Waals surface area contributed by atoms with Gasteiger partial charge in [0.1, 0.15) is 5.75 Å². The number of ether oxygens (including phenoxy) is 1. The largest absolute Gasteiger partial charge is 0.494 e. The van der Waals surface area contributed by atoms with Crippen molar-refractivity contribution in [3.63, 3.8) is 0 Å². The minimum absolute atomic E-state index is 0.187. The first kappa shape index (κ1) is 20.1. The lowest BCUT2D eigenvalue weighted by molar-refractivity contribution is 0.340. The second-order valence-corrected chi connectivity index (χ2v) is 8.08. The molecule has 0 bridgehead atoms. The molecule has 148 valence electrons. The maximum atomic E-state index is 11.9. The van der Waals surface area contributed by atoms with Gasteiger partial charge in [0.15, 0.2) is 0 Å². The minimum Gasteiger partial charge on any atom is -0.494 e. The van der Waals surface area contributed by atoms with E-state index in [1.165, 1.54) is 0 Å². The molecule has 3 aromatic rings. The van der Waals surface area contributed by atoms with Crippen molar-refractivity contribution in [3.8, 4) is 22.7 Å². The summed E-state index contributed by atoms with van der Waals surface area (Å²) < 4.78 is 31.3. The molecule has 6 nitrogen and oxygen atoms in total. The molecule has 0 saturated carbocycles. The van der Waals surface area contributed by atoms with Crippen LogP contribution in [0.5, 0.6) is 5.75 Å². The van der Waals surface area contributed by atoms with Crippen LogP contribution in [0, 0.1) is 0 Å². The number of sulfonamides is 1. The van der Waals surface area contributed by atoms with E-state index in [-0.39, 0.29) is 4.90 Å². The molecule has 0 atom stereocenters. The van der Waals surface area contributed by atoms with Gasteiger partial charge in [-0.2, -0.15) is 0 Å². The van der Waals surface area contributed by atoms with Crippen LogP contribution in [0.15, 0.2) is 59.9 Å². The van der Waals surface area contributed by atoms with Gasteiger partial charge < -0.3 is 4.74 Å². The van der Waals surface area contributed by atoms with Crippen molar-refractivity contribution in [2.45, 2.75) is 38.0 Å². The summed E-state index contributed by atoms with van der Waals surface area (Å²) in [6.45, 7) is 4.64. The van der Waals surface area contributed by atoms with E-state index < -0.39 is 10.0 Å². The van der Waals surface area contributed by atoms with Gasteiger partial charge in [-0.3, -0.25) is 4.57 Å². The van der Waals surface area contributed by atoms with Crippen LogP contribution < -0.4 is 9.88 Å². The molecule has 0 aliphatic rings. The van der Waals surface area contributed by atoms with Gasteiger partial charge in [-0.25, -0.2) is 18.5 Å². The third-order valence-electron chi connectivity index (χ3n) is 4.53. The van der Waals surface area contributed by atoms with Gasteiger partial charge in [0.05, 0.1) is 29.7 Å². The highest BCUT2D eigenvalue weighted by atomic mass is 32.2. The number of nitrogens with zero attached hydrogens (tertiary/aromatic N) is 2. The highest BCUT2D eigenvalue weighted by Crippen LogP contribution is 2.27. The third-order valence-corrected chi connectivity index (χ3v) is 5.54. The zero-order valence-electron chi connectivity index (χ0n) is 16.1. The number of rotatable bonds is 8. The Labute approximate surface area is 166 Å². The molecule has 2 aromatic carbocycles. The predicted molar refractivity (Wildman–Crippen MR) is 110 cm³/mol. The normalized spacial score (nSPS) is 11.5. The Morgan fingerprint density at radius 2 is 1.86 bits per heavy atom. The molecule has 0 spiro atoms. The van der Waals surface area contributed by atoms with Crippen molar-refractivity contribution in [2.24, 2.45) is 5.14 Å². The number of primary sulfonamides is 1. The zero-order chi connectivity index (χ0) is 20.1. The van der Waals surface area contributed by atoms with E-state index in [1.807, 2.05) is 41.8 Å². The average Bonchev–Trinajstić information content (AvgIpc) is 3.16. The predicted octanol–water partition coefficient (Wildman–Crippen LogP) is 3.93. The maximum absolute atomic E-state index is 11.9. The monoisotopic (exact) mass is 399 g/mol. The fourth-order valence-electron chi connectivity index (χ4n) is 3.16. The van der Waals surface area contributed by atoms with E-state index in [0.29, 0.717) is 13.0 Å². The van der Waals surface area contributed by atoms with Gasteiger partial charge in [0.25, 0.3) is 0 Å². The molecular formula is C21H25N3O3S. The standard InChI is InChI=1S/C21H25N3O3S/c1-3-5-6-17-13-18(9-12-21(17)28(22,25)26)24-15-23-14-20(24)16-7-10-19(11-8-16)27-4-2/h7-15H,3-6H2,1-2H3,(H2,22,25,26).